The third-order valence-electron chi connectivity index (χ3n) is 4.56. The molecule has 3 heterocycles. The van der Waals surface area contributed by atoms with Crippen LogP contribution in [0.5, 0.6) is 5.75 Å². The van der Waals surface area contributed by atoms with Crippen LogP contribution >= 0.6 is 11.3 Å². The van der Waals surface area contributed by atoms with E-state index < -0.39 is 0 Å². The van der Waals surface area contributed by atoms with Crippen LogP contribution in [0.1, 0.15) is 18.5 Å². The van der Waals surface area contributed by atoms with E-state index in [4.69, 9.17) is 9.15 Å². The van der Waals surface area contributed by atoms with Crippen molar-refractivity contribution in [3.05, 3.63) is 53.7 Å². The number of ether oxygens (including phenoxy) is 1. The van der Waals surface area contributed by atoms with Crippen molar-refractivity contribution < 1.29 is 18.7 Å². The number of hydrogen-bond donors (Lipinski definition) is 1. The van der Waals surface area contributed by atoms with Gasteiger partial charge in [0, 0.05) is 24.8 Å². The van der Waals surface area contributed by atoms with Crippen LogP contribution in [0.15, 0.2) is 52.5 Å². The number of anilines is 1. The van der Waals surface area contributed by atoms with Gasteiger partial charge in [0.2, 0.25) is 11.8 Å². The summed E-state index contributed by atoms with van der Waals surface area (Å²) in [6, 6.07) is 10.8. The number of nitrogens with zero attached hydrogens (tertiary/aromatic N) is 2. The smallest absolute Gasteiger partial charge is 0.260 e. The molecule has 1 aliphatic rings. The Balaban J connectivity index is 1.30. The molecule has 3 aromatic rings. The molecule has 150 valence electrons. The van der Waals surface area contributed by atoms with Crippen molar-refractivity contribution in [2.24, 2.45) is 0 Å². The monoisotopic (exact) mass is 411 g/mol. The van der Waals surface area contributed by atoms with Gasteiger partial charge in [0.1, 0.15) is 12.0 Å². The van der Waals surface area contributed by atoms with Crippen LogP contribution in [-0.4, -0.2) is 41.4 Å². The van der Waals surface area contributed by atoms with Gasteiger partial charge < -0.3 is 19.4 Å². The van der Waals surface area contributed by atoms with Crippen molar-refractivity contribution in [3.63, 3.8) is 0 Å². The number of amides is 2. The summed E-state index contributed by atoms with van der Waals surface area (Å²) >= 11 is 1.53. The van der Waals surface area contributed by atoms with Crippen LogP contribution in [0, 0.1) is 0 Å². The Kier molecular flexibility index (Phi) is 5.90. The van der Waals surface area contributed by atoms with Crippen LogP contribution in [0.2, 0.25) is 0 Å². The zero-order valence-electron chi connectivity index (χ0n) is 15.8. The predicted octanol–water partition coefficient (Wildman–Crippen LogP) is 3.59. The molecule has 1 aromatic carbocycles. The van der Waals surface area contributed by atoms with Crippen molar-refractivity contribution in [2.75, 3.05) is 25.0 Å². The van der Waals surface area contributed by atoms with Gasteiger partial charge in [-0.2, -0.15) is 0 Å². The first kappa shape index (κ1) is 19.2. The molecule has 2 aromatic heterocycles. The summed E-state index contributed by atoms with van der Waals surface area (Å²) in [7, 11) is 0. The maximum atomic E-state index is 12.3. The molecule has 1 fully saturated rings. The molecular formula is C21H21N3O4S. The summed E-state index contributed by atoms with van der Waals surface area (Å²) in [5, 5.41) is 4.77. The Morgan fingerprint density at radius 1 is 1.21 bits per heavy atom. The fourth-order valence-corrected chi connectivity index (χ4v) is 3.79. The summed E-state index contributed by atoms with van der Waals surface area (Å²) in [6.07, 6.45) is 3.70. The topological polar surface area (TPSA) is 84.7 Å². The highest BCUT2D eigenvalue weighted by atomic mass is 32.1. The number of likely N-dealkylation sites (tertiary alicyclic amines) is 1. The van der Waals surface area contributed by atoms with E-state index in [-0.39, 0.29) is 24.8 Å². The van der Waals surface area contributed by atoms with Gasteiger partial charge in [-0.05, 0) is 36.4 Å². The van der Waals surface area contributed by atoms with E-state index >= 15 is 0 Å². The second kappa shape index (κ2) is 8.91. The van der Waals surface area contributed by atoms with E-state index in [0.717, 1.165) is 30.8 Å². The molecule has 2 amide bonds. The lowest BCUT2D eigenvalue weighted by Crippen LogP contribution is -2.32. The highest BCUT2D eigenvalue weighted by Gasteiger charge is 2.18. The van der Waals surface area contributed by atoms with E-state index in [1.54, 1.807) is 24.3 Å². The first-order valence-electron chi connectivity index (χ1n) is 9.46. The van der Waals surface area contributed by atoms with Gasteiger partial charge in [-0.3, -0.25) is 9.59 Å². The highest BCUT2D eigenvalue weighted by Crippen LogP contribution is 2.24. The standard InChI is InChI=1S/C21H21N3O4S/c25-19(12-16-13-28-21(23-16)18-7-4-10-29-18)22-15-5-3-6-17(11-15)27-14-20(26)24-8-1-2-9-24/h3-7,10-11,13H,1-2,8-9,12,14H2,(H,22,25). The molecule has 1 saturated heterocycles. The molecule has 8 heteroatoms. The van der Waals surface area contributed by atoms with Crippen LogP contribution in [-0.2, 0) is 16.0 Å². The second-order valence-corrected chi connectivity index (χ2v) is 7.70. The van der Waals surface area contributed by atoms with Gasteiger partial charge in [-0.25, -0.2) is 4.98 Å². The number of hydrogen-bond acceptors (Lipinski definition) is 6. The van der Waals surface area contributed by atoms with Crippen LogP contribution in [0.3, 0.4) is 0 Å². The Hall–Kier alpha value is -3.13. The number of carbonyl (C=O) groups is 2. The summed E-state index contributed by atoms with van der Waals surface area (Å²) in [5.74, 6) is 0.837. The van der Waals surface area contributed by atoms with E-state index in [1.807, 2.05) is 22.4 Å². The molecule has 0 bridgehead atoms. The number of oxazole rings is 1. The SMILES string of the molecule is O=C(Cc1coc(-c2cccs2)n1)Nc1cccc(OCC(=O)N2CCCC2)c1. The van der Waals surface area contributed by atoms with Gasteiger partial charge in [0.25, 0.3) is 5.91 Å². The van der Waals surface area contributed by atoms with Crippen LogP contribution in [0.25, 0.3) is 10.8 Å². The fourth-order valence-electron chi connectivity index (χ4n) is 3.14. The lowest BCUT2D eigenvalue weighted by Gasteiger charge is -2.15. The molecule has 4 rings (SSSR count). The number of thiophene rings is 1. The van der Waals surface area contributed by atoms with E-state index in [1.165, 1.54) is 17.6 Å². The molecule has 7 nitrogen and oxygen atoms in total. The minimum absolute atomic E-state index is 0.00182. The minimum Gasteiger partial charge on any atom is -0.484 e. The number of carbonyl (C=O) groups excluding carboxylic acids is 2. The van der Waals surface area contributed by atoms with Crippen molar-refractivity contribution in [3.8, 4) is 16.5 Å². The first-order valence-corrected chi connectivity index (χ1v) is 10.3. The van der Waals surface area contributed by atoms with Crippen molar-refractivity contribution in [1.82, 2.24) is 9.88 Å². The summed E-state index contributed by atoms with van der Waals surface area (Å²) in [6.45, 7) is 1.60. The minimum atomic E-state index is -0.207. The molecule has 0 aliphatic carbocycles. The molecule has 0 saturated carbocycles. The first-order chi connectivity index (χ1) is 14.2. The number of benzene rings is 1. The highest BCUT2D eigenvalue weighted by molar-refractivity contribution is 7.13. The maximum absolute atomic E-state index is 12.3. The molecule has 1 N–H and O–H groups in total. The van der Waals surface area contributed by atoms with E-state index in [0.29, 0.717) is 23.0 Å². The summed E-state index contributed by atoms with van der Waals surface area (Å²) in [5.41, 5.74) is 1.16. The second-order valence-electron chi connectivity index (χ2n) is 6.75. The lowest BCUT2D eigenvalue weighted by molar-refractivity contribution is -0.132. The molecule has 0 unspecified atom stereocenters. The fraction of sp³-hybridized carbons (Fsp3) is 0.286. The van der Waals surface area contributed by atoms with Gasteiger partial charge >= 0.3 is 0 Å². The average Bonchev–Trinajstić information content (AvgIpc) is 3.48. The van der Waals surface area contributed by atoms with E-state index in [2.05, 4.69) is 10.3 Å². The van der Waals surface area contributed by atoms with Crippen LogP contribution in [0.4, 0.5) is 5.69 Å². The molecule has 1 aliphatic heterocycles. The Labute approximate surface area is 172 Å². The van der Waals surface area contributed by atoms with Crippen molar-refractivity contribution in [1.29, 1.82) is 0 Å². The quantitative estimate of drug-likeness (QED) is 0.642. The maximum Gasteiger partial charge on any atom is 0.260 e. The zero-order chi connectivity index (χ0) is 20.1. The lowest BCUT2D eigenvalue weighted by atomic mass is 10.2. The van der Waals surface area contributed by atoms with Gasteiger partial charge in [0.15, 0.2) is 6.61 Å². The van der Waals surface area contributed by atoms with E-state index in [9.17, 15) is 9.59 Å². The number of aromatic nitrogens is 1. The van der Waals surface area contributed by atoms with Gasteiger partial charge in [-0.1, -0.05) is 12.1 Å². The average molecular weight is 411 g/mol. The Morgan fingerprint density at radius 2 is 2.07 bits per heavy atom. The summed E-state index contributed by atoms with van der Waals surface area (Å²) < 4.78 is 11.0. The number of nitrogens with one attached hydrogen (secondary N) is 1. The molecule has 0 atom stereocenters. The Bertz CT molecular complexity index is 977. The van der Waals surface area contributed by atoms with Crippen molar-refractivity contribution >= 4 is 28.8 Å². The summed E-state index contributed by atoms with van der Waals surface area (Å²) in [4.78, 5) is 31.5. The zero-order valence-corrected chi connectivity index (χ0v) is 16.6. The molecule has 0 radical (unpaired) electrons. The molecular weight excluding hydrogens is 390 g/mol. The van der Waals surface area contributed by atoms with Crippen LogP contribution < -0.4 is 10.1 Å². The third kappa shape index (κ3) is 5.03. The van der Waals surface area contributed by atoms with Gasteiger partial charge in [0.05, 0.1) is 17.0 Å². The number of rotatable bonds is 7. The van der Waals surface area contributed by atoms with Gasteiger partial charge in [-0.15, -0.1) is 11.3 Å². The largest absolute Gasteiger partial charge is 0.484 e. The predicted molar refractivity (Wildman–Crippen MR) is 110 cm³/mol. The molecule has 0 spiro atoms. The normalized spacial score (nSPS) is 13.4. The Morgan fingerprint density at radius 3 is 2.86 bits per heavy atom. The third-order valence-corrected chi connectivity index (χ3v) is 5.42. The molecule has 29 heavy (non-hydrogen) atoms. The van der Waals surface area contributed by atoms with Crippen molar-refractivity contribution in [2.45, 2.75) is 19.3 Å².